The van der Waals surface area contributed by atoms with Gasteiger partial charge in [0.2, 0.25) is 5.91 Å². The highest BCUT2D eigenvalue weighted by atomic mass is 32.1. The molecule has 7 nitrogen and oxygen atoms in total. The number of ether oxygens (including phenoxy) is 2. The highest BCUT2D eigenvalue weighted by molar-refractivity contribution is 7.10. The number of rotatable bonds is 9. The Morgan fingerprint density at radius 1 is 1.24 bits per heavy atom. The highest BCUT2D eigenvalue weighted by Crippen LogP contribution is 2.34. The van der Waals surface area contributed by atoms with Gasteiger partial charge in [-0.15, -0.1) is 11.3 Å². The Kier molecular flexibility index (Phi) is 8.61. The van der Waals surface area contributed by atoms with Crippen molar-refractivity contribution in [3.63, 3.8) is 0 Å². The van der Waals surface area contributed by atoms with E-state index in [0.29, 0.717) is 18.9 Å². The lowest BCUT2D eigenvalue weighted by Crippen LogP contribution is -2.53. The lowest BCUT2D eigenvalue weighted by molar-refractivity contribution is -0.136. The summed E-state index contributed by atoms with van der Waals surface area (Å²) in [6.45, 7) is 8.83. The third-order valence-corrected chi connectivity index (χ3v) is 6.96. The Balaban J connectivity index is 1.78. The van der Waals surface area contributed by atoms with E-state index in [0.717, 1.165) is 24.2 Å². The van der Waals surface area contributed by atoms with Crippen molar-refractivity contribution in [1.29, 1.82) is 0 Å². The van der Waals surface area contributed by atoms with E-state index in [1.807, 2.05) is 56.9 Å². The number of amides is 3. The number of hydrogen-bond donors (Lipinski definition) is 1. The molecule has 0 fully saturated rings. The normalized spacial score (nSPS) is 16.2. The number of methoxy groups -OCH3 is 1. The van der Waals surface area contributed by atoms with Crippen molar-refractivity contribution in [2.75, 3.05) is 26.8 Å². The molecule has 0 radical (unpaired) electrons. The molecule has 0 spiro atoms. The summed E-state index contributed by atoms with van der Waals surface area (Å²) in [6.07, 6.45) is 1.59. The van der Waals surface area contributed by atoms with Gasteiger partial charge >= 0.3 is 6.03 Å². The summed E-state index contributed by atoms with van der Waals surface area (Å²) in [4.78, 5) is 31.1. The Hall–Kier alpha value is -2.74. The fraction of sp³-hybridized carbons (Fsp3) is 0.520. The number of carbonyl (C=O) groups excluding carboxylic acids is 2. The molecule has 1 aliphatic heterocycles. The summed E-state index contributed by atoms with van der Waals surface area (Å²) < 4.78 is 11.4. The molecule has 1 aromatic carbocycles. The predicted molar refractivity (Wildman–Crippen MR) is 131 cm³/mol. The zero-order chi connectivity index (χ0) is 24.0. The van der Waals surface area contributed by atoms with Crippen molar-refractivity contribution in [3.05, 3.63) is 46.2 Å². The van der Waals surface area contributed by atoms with Crippen LogP contribution in [0.3, 0.4) is 0 Å². The lowest BCUT2D eigenvalue weighted by atomic mass is 10.00. The number of hydrogen-bond acceptors (Lipinski definition) is 5. The monoisotopic (exact) mass is 473 g/mol. The molecule has 8 heteroatoms. The third-order valence-electron chi connectivity index (χ3n) is 5.97. The first-order valence-corrected chi connectivity index (χ1v) is 12.4. The SMILES string of the molecule is CC[C@H](C)N(CC(=O)N1CCc2sccc2[C@H]1COc1cccc(OC)c1)C(=O)NC(C)C. The second kappa shape index (κ2) is 11.4. The van der Waals surface area contributed by atoms with Crippen molar-refractivity contribution in [2.45, 2.75) is 58.7 Å². The van der Waals surface area contributed by atoms with E-state index in [4.69, 9.17) is 9.47 Å². The van der Waals surface area contributed by atoms with Gasteiger partial charge in [0.15, 0.2) is 0 Å². The van der Waals surface area contributed by atoms with E-state index in [2.05, 4.69) is 16.8 Å². The first-order chi connectivity index (χ1) is 15.8. The van der Waals surface area contributed by atoms with Gasteiger partial charge in [0, 0.05) is 29.6 Å². The molecule has 180 valence electrons. The summed E-state index contributed by atoms with van der Waals surface area (Å²) in [7, 11) is 1.62. The third kappa shape index (κ3) is 6.19. The maximum absolute atomic E-state index is 13.5. The Morgan fingerprint density at radius 2 is 2.00 bits per heavy atom. The predicted octanol–water partition coefficient (Wildman–Crippen LogP) is 4.48. The van der Waals surface area contributed by atoms with Crippen LogP contribution in [-0.4, -0.2) is 60.6 Å². The van der Waals surface area contributed by atoms with Gasteiger partial charge in [-0.05, 0) is 62.8 Å². The van der Waals surface area contributed by atoms with Crippen molar-refractivity contribution >= 4 is 23.3 Å². The maximum Gasteiger partial charge on any atom is 0.318 e. The summed E-state index contributed by atoms with van der Waals surface area (Å²) in [5, 5.41) is 5.00. The molecule has 33 heavy (non-hydrogen) atoms. The summed E-state index contributed by atoms with van der Waals surface area (Å²) in [5.41, 5.74) is 1.13. The minimum Gasteiger partial charge on any atom is -0.497 e. The smallest absolute Gasteiger partial charge is 0.318 e. The Labute approximate surface area is 200 Å². The zero-order valence-electron chi connectivity index (χ0n) is 20.2. The molecule has 0 saturated heterocycles. The average molecular weight is 474 g/mol. The van der Waals surface area contributed by atoms with Crippen LogP contribution in [0.5, 0.6) is 11.5 Å². The van der Waals surface area contributed by atoms with Crippen molar-refractivity contribution < 1.29 is 19.1 Å². The van der Waals surface area contributed by atoms with E-state index in [-0.39, 0.29) is 36.6 Å². The molecule has 1 aromatic heterocycles. The topological polar surface area (TPSA) is 71.1 Å². The van der Waals surface area contributed by atoms with Crippen molar-refractivity contribution in [2.24, 2.45) is 0 Å². The highest BCUT2D eigenvalue weighted by Gasteiger charge is 2.34. The fourth-order valence-corrected chi connectivity index (χ4v) is 4.88. The first kappa shape index (κ1) is 24.9. The molecule has 3 rings (SSSR count). The van der Waals surface area contributed by atoms with Gasteiger partial charge in [0.25, 0.3) is 0 Å². The van der Waals surface area contributed by atoms with Gasteiger partial charge in [-0.2, -0.15) is 0 Å². The number of thiophene rings is 1. The van der Waals surface area contributed by atoms with Gasteiger partial charge in [-0.1, -0.05) is 13.0 Å². The van der Waals surface area contributed by atoms with Crippen LogP contribution in [0.1, 0.15) is 50.6 Å². The van der Waals surface area contributed by atoms with Crippen LogP contribution in [0, 0.1) is 0 Å². The molecular weight excluding hydrogens is 438 g/mol. The zero-order valence-corrected chi connectivity index (χ0v) is 21.0. The molecule has 2 heterocycles. The lowest BCUT2D eigenvalue weighted by Gasteiger charge is -2.38. The van der Waals surface area contributed by atoms with Gasteiger partial charge < -0.3 is 24.6 Å². The molecule has 3 amide bonds. The molecule has 1 N–H and O–H groups in total. The molecule has 2 atom stereocenters. The average Bonchev–Trinajstić information content (AvgIpc) is 3.29. The van der Waals surface area contributed by atoms with Crippen LogP contribution < -0.4 is 14.8 Å². The van der Waals surface area contributed by atoms with Crippen LogP contribution in [0.4, 0.5) is 4.79 Å². The van der Waals surface area contributed by atoms with Crippen molar-refractivity contribution in [1.82, 2.24) is 15.1 Å². The summed E-state index contributed by atoms with van der Waals surface area (Å²) in [6, 6.07) is 9.11. The van der Waals surface area contributed by atoms with Gasteiger partial charge in [-0.25, -0.2) is 4.79 Å². The standard InChI is InChI=1S/C25H35N3O4S/c1-6-18(4)28(25(30)26-17(2)3)15-24(29)27-12-10-23-21(11-13-33-23)22(27)16-32-20-9-7-8-19(14-20)31-5/h7-9,11,13-14,17-18,22H,6,10,12,15-16H2,1-5H3,(H,26,30)/t18-,22+/m0/s1. The minimum atomic E-state index is -0.204. The van der Waals surface area contributed by atoms with E-state index in [1.165, 1.54) is 4.88 Å². The Morgan fingerprint density at radius 3 is 2.70 bits per heavy atom. The first-order valence-electron chi connectivity index (χ1n) is 11.5. The van der Waals surface area contributed by atoms with Crippen LogP contribution in [0.25, 0.3) is 0 Å². The number of nitrogens with one attached hydrogen (secondary N) is 1. The number of nitrogens with zero attached hydrogens (tertiary/aromatic N) is 2. The van der Waals surface area contributed by atoms with Crippen molar-refractivity contribution in [3.8, 4) is 11.5 Å². The van der Waals surface area contributed by atoms with E-state index in [1.54, 1.807) is 23.3 Å². The van der Waals surface area contributed by atoms with Gasteiger partial charge in [-0.3, -0.25) is 4.79 Å². The second-order valence-corrected chi connectivity index (χ2v) is 9.63. The van der Waals surface area contributed by atoms with E-state index >= 15 is 0 Å². The van der Waals surface area contributed by atoms with E-state index in [9.17, 15) is 9.59 Å². The number of urea groups is 1. The molecule has 0 aliphatic carbocycles. The largest absolute Gasteiger partial charge is 0.497 e. The van der Waals surface area contributed by atoms with Gasteiger partial charge in [0.05, 0.1) is 13.2 Å². The molecule has 2 aromatic rings. The van der Waals surface area contributed by atoms with Crippen LogP contribution in [0.2, 0.25) is 0 Å². The summed E-state index contributed by atoms with van der Waals surface area (Å²) >= 11 is 1.72. The molecule has 1 aliphatic rings. The Bertz CT molecular complexity index is 945. The molecule has 0 unspecified atom stereocenters. The fourth-order valence-electron chi connectivity index (χ4n) is 3.96. The van der Waals surface area contributed by atoms with Crippen LogP contribution in [-0.2, 0) is 11.2 Å². The quantitative estimate of drug-likeness (QED) is 0.583. The molecule has 0 bridgehead atoms. The van der Waals surface area contributed by atoms with Crippen LogP contribution in [0.15, 0.2) is 35.7 Å². The van der Waals surface area contributed by atoms with Gasteiger partial charge in [0.1, 0.15) is 24.7 Å². The number of carbonyl (C=O) groups is 2. The maximum atomic E-state index is 13.5. The number of fused-ring (bicyclic) bond motifs is 1. The minimum absolute atomic E-state index is 0.00604. The second-order valence-electron chi connectivity index (χ2n) is 8.63. The summed E-state index contributed by atoms with van der Waals surface area (Å²) in [5.74, 6) is 1.35. The number of benzene rings is 1. The molecule has 0 saturated carbocycles. The van der Waals surface area contributed by atoms with Crippen LogP contribution >= 0.6 is 11.3 Å². The molecular formula is C25H35N3O4S. The van der Waals surface area contributed by atoms with E-state index < -0.39 is 0 Å².